The number of nitrogens with one attached hydrogen (secondary N) is 2. The van der Waals surface area contributed by atoms with Crippen molar-refractivity contribution in [3.63, 3.8) is 0 Å². The van der Waals surface area contributed by atoms with Gasteiger partial charge in [0.25, 0.3) is 0 Å². The molecule has 3 heterocycles. The monoisotopic (exact) mass is 409 g/mol. The molecule has 6 heteroatoms. The molecule has 5 rings (SSSR count). The minimum Gasteiger partial charge on any atom is -0.325 e. The normalized spacial score (nSPS) is 24.5. The fourth-order valence-electron chi connectivity index (χ4n) is 5.73. The number of aromatic nitrogens is 2. The minimum atomic E-state index is -0.978. The van der Waals surface area contributed by atoms with Crippen LogP contribution < -0.4 is 15.5 Å². The molecule has 1 fully saturated rings. The molecule has 5 nitrogen and oxygen atoms in total. The Morgan fingerprint density at radius 2 is 2.07 bits per heavy atom. The van der Waals surface area contributed by atoms with E-state index < -0.39 is 6.17 Å². The molecular weight excluding hydrogens is 377 g/mol. The number of rotatable bonds is 4. The van der Waals surface area contributed by atoms with Crippen LogP contribution in [-0.4, -0.2) is 35.6 Å². The highest BCUT2D eigenvalue weighted by atomic mass is 19.1. The molecule has 3 aliphatic rings. The van der Waals surface area contributed by atoms with Gasteiger partial charge in [-0.3, -0.25) is 0 Å². The summed E-state index contributed by atoms with van der Waals surface area (Å²) in [5, 5.41) is 7.15. The highest BCUT2D eigenvalue weighted by Gasteiger charge is 2.47. The lowest BCUT2D eigenvalue weighted by Gasteiger charge is -2.36. The maximum atomic E-state index is 14.6. The smallest absolute Gasteiger partial charge is 0.143 e. The Balaban J connectivity index is 1.64. The molecule has 0 amide bonds. The Bertz CT molecular complexity index is 937. The summed E-state index contributed by atoms with van der Waals surface area (Å²) in [6.45, 7) is 10.3. The molecule has 1 saturated heterocycles. The molecule has 1 aromatic heterocycles. The summed E-state index contributed by atoms with van der Waals surface area (Å²) in [6, 6.07) is 7.10. The SMILES string of the molecule is CC(C)NCc1cccc2c1C1(CCNCC1)CN2c1ncnc2c1C(C)CC2F. The first-order valence-corrected chi connectivity index (χ1v) is 11.3. The molecular formula is C24H32FN5. The highest BCUT2D eigenvalue weighted by molar-refractivity contribution is 5.75. The van der Waals surface area contributed by atoms with Crippen molar-refractivity contribution in [1.29, 1.82) is 0 Å². The van der Waals surface area contributed by atoms with Crippen molar-refractivity contribution in [2.45, 2.75) is 70.1 Å². The van der Waals surface area contributed by atoms with E-state index in [-0.39, 0.29) is 11.3 Å². The molecule has 1 aromatic carbocycles. The Hall–Kier alpha value is -2.05. The van der Waals surface area contributed by atoms with E-state index in [4.69, 9.17) is 4.98 Å². The minimum absolute atomic E-state index is 0.116. The zero-order valence-corrected chi connectivity index (χ0v) is 18.2. The number of hydrogen-bond donors (Lipinski definition) is 2. The van der Waals surface area contributed by atoms with Crippen LogP contribution in [0.1, 0.15) is 74.5 Å². The molecule has 0 radical (unpaired) electrons. The Kier molecular flexibility index (Phi) is 5.02. The zero-order chi connectivity index (χ0) is 20.9. The zero-order valence-electron chi connectivity index (χ0n) is 18.2. The molecule has 0 saturated carbocycles. The van der Waals surface area contributed by atoms with Crippen LogP contribution in [0.15, 0.2) is 24.5 Å². The van der Waals surface area contributed by atoms with Gasteiger partial charge in [-0.15, -0.1) is 0 Å². The summed E-state index contributed by atoms with van der Waals surface area (Å²) in [5.74, 6) is 1.06. The third-order valence-electron chi connectivity index (χ3n) is 7.17. The predicted octanol–water partition coefficient (Wildman–Crippen LogP) is 4.27. The number of nitrogens with zero attached hydrogens (tertiary/aromatic N) is 3. The number of fused-ring (bicyclic) bond motifs is 3. The summed E-state index contributed by atoms with van der Waals surface area (Å²) < 4.78 is 14.6. The fraction of sp³-hybridized carbons (Fsp3) is 0.583. The van der Waals surface area contributed by atoms with E-state index in [1.807, 2.05) is 0 Å². The summed E-state index contributed by atoms with van der Waals surface area (Å²) in [4.78, 5) is 11.4. The van der Waals surface area contributed by atoms with Crippen LogP contribution in [0.4, 0.5) is 15.9 Å². The van der Waals surface area contributed by atoms with Gasteiger partial charge in [-0.25, -0.2) is 14.4 Å². The van der Waals surface area contributed by atoms with E-state index >= 15 is 0 Å². The summed E-state index contributed by atoms with van der Waals surface area (Å²) >= 11 is 0. The summed E-state index contributed by atoms with van der Waals surface area (Å²) in [7, 11) is 0. The lowest BCUT2D eigenvalue weighted by atomic mass is 9.73. The average molecular weight is 410 g/mol. The van der Waals surface area contributed by atoms with Crippen LogP contribution in [0.3, 0.4) is 0 Å². The van der Waals surface area contributed by atoms with Gasteiger partial charge in [-0.1, -0.05) is 32.9 Å². The molecule has 2 aromatic rings. The van der Waals surface area contributed by atoms with Gasteiger partial charge >= 0.3 is 0 Å². The lowest BCUT2D eigenvalue weighted by molar-refractivity contribution is 0.326. The van der Waals surface area contributed by atoms with E-state index in [1.54, 1.807) is 6.33 Å². The van der Waals surface area contributed by atoms with E-state index in [2.05, 4.69) is 59.5 Å². The topological polar surface area (TPSA) is 53.1 Å². The molecule has 2 atom stereocenters. The van der Waals surface area contributed by atoms with Crippen molar-refractivity contribution in [3.8, 4) is 0 Å². The highest BCUT2D eigenvalue weighted by Crippen LogP contribution is 2.53. The number of hydrogen-bond acceptors (Lipinski definition) is 5. The lowest BCUT2D eigenvalue weighted by Crippen LogP contribution is -2.43. The number of benzene rings is 1. The molecule has 1 aliphatic carbocycles. The first-order chi connectivity index (χ1) is 14.5. The van der Waals surface area contributed by atoms with Crippen molar-refractivity contribution in [1.82, 2.24) is 20.6 Å². The van der Waals surface area contributed by atoms with E-state index in [0.717, 1.165) is 50.4 Å². The predicted molar refractivity (Wildman–Crippen MR) is 118 cm³/mol. The van der Waals surface area contributed by atoms with Gasteiger partial charge < -0.3 is 15.5 Å². The summed E-state index contributed by atoms with van der Waals surface area (Å²) in [6.07, 6.45) is 3.31. The first kappa shape index (κ1) is 19.9. The van der Waals surface area contributed by atoms with Crippen LogP contribution in [0.25, 0.3) is 0 Å². The third-order valence-corrected chi connectivity index (χ3v) is 7.17. The first-order valence-electron chi connectivity index (χ1n) is 11.3. The molecule has 2 N–H and O–H groups in total. The van der Waals surface area contributed by atoms with Crippen LogP contribution >= 0.6 is 0 Å². The molecule has 2 aliphatic heterocycles. The van der Waals surface area contributed by atoms with Gasteiger partial charge in [-0.2, -0.15) is 0 Å². The van der Waals surface area contributed by atoms with Crippen LogP contribution in [0, 0.1) is 0 Å². The fourth-order valence-corrected chi connectivity index (χ4v) is 5.73. The number of alkyl halides is 1. The maximum Gasteiger partial charge on any atom is 0.143 e. The number of halogens is 1. The van der Waals surface area contributed by atoms with Gasteiger partial charge in [0.15, 0.2) is 0 Å². The van der Waals surface area contributed by atoms with Crippen molar-refractivity contribution in [3.05, 3.63) is 46.9 Å². The Labute approximate surface area is 178 Å². The van der Waals surface area contributed by atoms with Gasteiger partial charge in [0.05, 0.1) is 5.69 Å². The average Bonchev–Trinajstić information content (AvgIpc) is 3.22. The second-order valence-corrected chi connectivity index (χ2v) is 9.56. The van der Waals surface area contributed by atoms with Gasteiger partial charge in [-0.05, 0) is 55.5 Å². The van der Waals surface area contributed by atoms with Crippen LogP contribution in [0.2, 0.25) is 0 Å². The standard InChI is InChI=1S/C24H32FN5/c1-15(2)27-12-17-5-4-6-19-21(17)24(7-9-26-10-8-24)13-30(19)23-20-16(3)11-18(25)22(20)28-14-29-23/h4-6,14-16,18,26-27H,7-13H2,1-3H3. The van der Waals surface area contributed by atoms with E-state index in [1.165, 1.54) is 16.8 Å². The Morgan fingerprint density at radius 3 is 2.83 bits per heavy atom. The van der Waals surface area contributed by atoms with Gasteiger partial charge in [0, 0.05) is 35.8 Å². The van der Waals surface area contributed by atoms with Crippen molar-refractivity contribution < 1.29 is 4.39 Å². The second-order valence-electron chi connectivity index (χ2n) is 9.56. The maximum absolute atomic E-state index is 14.6. The van der Waals surface area contributed by atoms with E-state index in [0.29, 0.717) is 18.2 Å². The van der Waals surface area contributed by atoms with Crippen LogP contribution in [0.5, 0.6) is 0 Å². The van der Waals surface area contributed by atoms with Gasteiger partial charge in [0.1, 0.15) is 18.3 Å². The number of piperidine rings is 1. The van der Waals surface area contributed by atoms with Gasteiger partial charge in [0.2, 0.25) is 0 Å². The van der Waals surface area contributed by atoms with Crippen LogP contribution in [-0.2, 0) is 12.0 Å². The van der Waals surface area contributed by atoms with E-state index in [9.17, 15) is 4.39 Å². The molecule has 1 spiro atoms. The van der Waals surface area contributed by atoms with Crippen molar-refractivity contribution in [2.75, 3.05) is 24.5 Å². The molecule has 30 heavy (non-hydrogen) atoms. The quantitative estimate of drug-likeness (QED) is 0.790. The molecule has 160 valence electrons. The Morgan fingerprint density at radius 1 is 1.27 bits per heavy atom. The third kappa shape index (κ3) is 3.12. The largest absolute Gasteiger partial charge is 0.325 e. The molecule has 0 bridgehead atoms. The van der Waals surface area contributed by atoms with Crippen molar-refractivity contribution >= 4 is 11.5 Å². The number of anilines is 2. The molecule has 2 unspecified atom stereocenters. The van der Waals surface area contributed by atoms with Crippen molar-refractivity contribution in [2.24, 2.45) is 0 Å². The second kappa shape index (κ2) is 7.57. The summed E-state index contributed by atoms with van der Waals surface area (Å²) in [5.41, 5.74) is 5.81.